The quantitative estimate of drug-likeness (QED) is 0.802. The van der Waals surface area contributed by atoms with Crippen molar-refractivity contribution in [2.24, 2.45) is 0 Å². The first-order valence-corrected chi connectivity index (χ1v) is 6.44. The molecule has 0 spiro atoms. The highest BCUT2D eigenvalue weighted by Gasteiger charge is 2.07. The third kappa shape index (κ3) is 2.51. The Morgan fingerprint density at radius 3 is 2.85 bits per heavy atom. The molecular formula is C15H11ClN2O2. The largest absolute Gasteiger partial charge is 0.478 e. The molecule has 1 aromatic heterocycles. The predicted octanol–water partition coefficient (Wildman–Crippen LogP) is 3.44. The van der Waals surface area contributed by atoms with Crippen molar-refractivity contribution < 1.29 is 9.90 Å². The number of halogens is 1. The summed E-state index contributed by atoms with van der Waals surface area (Å²) in [5.74, 6) is -0.948. The average Bonchev–Trinajstić information content (AvgIpc) is 2.79. The van der Waals surface area contributed by atoms with E-state index in [4.69, 9.17) is 16.7 Å². The lowest BCUT2D eigenvalue weighted by molar-refractivity contribution is 0.0697. The summed E-state index contributed by atoms with van der Waals surface area (Å²) in [4.78, 5) is 10.9. The van der Waals surface area contributed by atoms with Crippen molar-refractivity contribution in [2.75, 3.05) is 0 Å². The minimum absolute atomic E-state index is 0.241. The average molecular weight is 287 g/mol. The zero-order valence-electron chi connectivity index (χ0n) is 10.5. The molecule has 0 atom stereocenters. The van der Waals surface area contributed by atoms with Crippen LogP contribution in [-0.4, -0.2) is 20.9 Å². The molecule has 3 rings (SSSR count). The van der Waals surface area contributed by atoms with Gasteiger partial charge in [0.1, 0.15) is 0 Å². The van der Waals surface area contributed by atoms with Crippen LogP contribution in [0.2, 0.25) is 5.02 Å². The Bertz CT molecular complexity index is 795. The molecule has 0 bridgehead atoms. The van der Waals surface area contributed by atoms with Crippen molar-refractivity contribution >= 4 is 28.5 Å². The normalized spacial score (nSPS) is 10.8. The van der Waals surface area contributed by atoms with E-state index in [1.807, 2.05) is 30.5 Å². The summed E-state index contributed by atoms with van der Waals surface area (Å²) in [6.45, 7) is 0.595. The van der Waals surface area contributed by atoms with E-state index in [9.17, 15) is 4.79 Å². The minimum Gasteiger partial charge on any atom is -0.478 e. The molecule has 0 radical (unpaired) electrons. The van der Waals surface area contributed by atoms with Gasteiger partial charge in [-0.25, -0.2) is 4.79 Å². The van der Waals surface area contributed by atoms with E-state index in [2.05, 4.69) is 5.10 Å². The Balaban J connectivity index is 1.95. The number of fused-ring (bicyclic) bond motifs is 1. The first-order valence-electron chi connectivity index (χ1n) is 6.07. The van der Waals surface area contributed by atoms with Crippen LogP contribution in [0.5, 0.6) is 0 Å². The smallest absolute Gasteiger partial charge is 0.335 e. The molecule has 0 aliphatic heterocycles. The molecule has 2 aromatic carbocycles. The molecule has 1 N–H and O–H groups in total. The van der Waals surface area contributed by atoms with Gasteiger partial charge in [0.25, 0.3) is 0 Å². The Morgan fingerprint density at radius 2 is 2.10 bits per heavy atom. The maximum Gasteiger partial charge on any atom is 0.335 e. The molecule has 3 aromatic rings. The topological polar surface area (TPSA) is 55.1 Å². The molecule has 20 heavy (non-hydrogen) atoms. The summed E-state index contributed by atoms with van der Waals surface area (Å²) in [6, 6.07) is 12.5. The van der Waals surface area contributed by atoms with Crippen LogP contribution in [0.4, 0.5) is 0 Å². The molecule has 1 heterocycles. The summed E-state index contributed by atoms with van der Waals surface area (Å²) in [5, 5.41) is 15.0. The maximum atomic E-state index is 10.9. The number of carbonyl (C=O) groups is 1. The zero-order chi connectivity index (χ0) is 14.1. The second kappa shape index (κ2) is 4.98. The van der Waals surface area contributed by atoms with Crippen molar-refractivity contribution in [2.45, 2.75) is 6.54 Å². The van der Waals surface area contributed by atoms with Crippen LogP contribution in [0.3, 0.4) is 0 Å². The van der Waals surface area contributed by atoms with E-state index in [0.717, 1.165) is 10.9 Å². The van der Waals surface area contributed by atoms with Gasteiger partial charge in [0.2, 0.25) is 0 Å². The van der Waals surface area contributed by atoms with Crippen molar-refractivity contribution in [3.8, 4) is 0 Å². The van der Waals surface area contributed by atoms with Gasteiger partial charge in [-0.3, -0.25) is 4.68 Å². The highest BCUT2D eigenvalue weighted by molar-refractivity contribution is 6.30. The lowest BCUT2D eigenvalue weighted by Crippen LogP contribution is -1.99. The van der Waals surface area contributed by atoms with Crippen LogP contribution in [0, 0.1) is 0 Å². The molecule has 100 valence electrons. The fourth-order valence-corrected chi connectivity index (χ4v) is 2.32. The Hall–Kier alpha value is -2.33. The molecule has 4 nitrogen and oxygen atoms in total. The third-order valence-electron chi connectivity index (χ3n) is 3.04. The SMILES string of the molecule is O=C(O)c1ccc2cn(Cc3cccc(Cl)c3)nc2c1. The van der Waals surface area contributed by atoms with Gasteiger partial charge in [-0.05, 0) is 29.8 Å². The number of carboxylic acids is 1. The van der Waals surface area contributed by atoms with E-state index < -0.39 is 5.97 Å². The van der Waals surface area contributed by atoms with Gasteiger partial charge < -0.3 is 5.11 Å². The van der Waals surface area contributed by atoms with Crippen molar-refractivity contribution in [1.29, 1.82) is 0 Å². The summed E-state index contributed by atoms with van der Waals surface area (Å²) < 4.78 is 1.78. The number of benzene rings is 2. The second-order valence-corrected chi connectivity index (χ2v) is 4.97. The first-order chi connectivity index (χ1) is 9.61. The molecule has 0 saturated carbocycles. The number of hydrogen-bond acceptors (Lipinski definition) is 2. The fraction of sp³-hybridized carbons (Fsp3) is 0.0667. The van der Waals surface area contributed by atoms with Crippen LogP contribution in [0.25, 0.3) is 10.9 Å². The number of aromatic carboxylic acids is 1. The van der Waals surface area contributed by atoms with Crippen LogP contribution in [-0.2, 0) is 6.54 Å². The van der Waals surface area contributed by atoms with E-state index >= 15 is 0 Å². The van der Waals surface area contributed by atoms with Gasteiger partial charge in [-0.1, -0.05) is 29.8 Å². The van der Waals surface area contributed by atoms with Gasteiger partial charge in [0.05, 0.1) is 17.6 Å². The minimum atomic E-state index is -0.948. The number of hydrogen-bond donors (Lipinski definition) is 1. The van der Waals surface area contributed by atoms with Crippen molar-refractivity contribution in [1.82, 2.24) is 9.78 Å². The standard InChI is InChI=1S/C15H11ClN2O2/c16-13-3-1-2-10(6-13)8-18-9-12-5-4-11(15(19)20)7-14(12)17-18/h1-7,9H,8H2,(H,19,20). The molecule has 0 fully saturated rings. The summed E-state index contributed by atoms with van der Waals surface area (Å²) in [6.07, 6.45) is 1.89. The van der Waals surface area contributed by atoms with E-state index in [-0.39, 0.29) is 5.56 Å². The Labute approximate surface area is 120 Å². The molecule has 0 amide bonds. The van der Waals surface area contributed by atoms with Gasteiger partial charge in [-0.15, -0.1) is 0 Å². The molecular weight excluding hydrogens is 276 g/mol. The van der Waals surface area contributed by atoms with Crippen molar-refractivity contribution in [3.63, 3.8) is 0 Å². The number of rotatable bonds is 3. The van der Waals surface area contributed by atoms with Crippen LogP contribution in [0.1, 0.15) is 15.9 Å². The van der Waals surface area contributed by atoms with E-state index in [1.165, 1.54) is 0 Å². The molecule has 0 aliphatic rings. The van der Waals surface area contributed by atoms with E-state index in [1.54, 1.807) is 22.9 Å². The van der Waals surface area contributed by atoms with Gasteiger partial charge >= 0.3 is 5.97 Å². The number of nitrogens with zero attached hydrogens (tertiary/aromatic N) is 2. The summed E-state index contributed by atoms with van der Waals surface area (Å²) >= 11 is 5.95. The van der Waals surface area contributed by atoms with E-state index in [0.29, 0.717) is 17.1 Å². The molecule has 0 unspecified atom stereocenters. The number of aromatic nitrogens is 2. The Morgan fingerprint density at radius 1 is 1.25 bits per heavy atom. The first kappa shape index (κ1) is 12.7. The monoisotopic (exact) mass is 286 g/mol. The fourth-order valence-electron chi connectivity index (χ4n) is 2.10. The molecule has 0 saturated heterocycles. The van der Waals surface area contributed by atoms with Gasteiger partial charge in [-0.2, -0.15) is 5.10 Å². The lowest BCUT2D eigenvalue weighted by Gasteiger charge is -2.01. The Kier molecular flexibility index (Phi) is 3.16. The number of carboxylic acid groups (broad SMARTS) is 1. The molecule has 5 heteroatoms. The predicted molar refractivity (Wildman–Crippen MR) is 77.2 cm³/mol. The molecule has 0 aliphatic carbocycles. The van der Waals surface area contributed by atoms with Crippen LogP contribution < -0.4 is 0 Å². The zero-order valence-corrected chi connectivity index (χ0v) is 11.2. The van der Waals surface area contributed by atoms with Crippen molar-refractivity contribution in [3.05, 3.63) is 64.8 Å². The van der Waals surface area contributed by atoms with Crippen LogP contribution >= 0.6 is 11.6 Å². The lowest BCUT2D eigenvalue weighted by atomic mass is 10.2. The maximum absolute atomic E-state index is 10.9. The summed E-state index contributed by atoms with van der Waals surface area (Å²) in [5.41, 5.74) is 1.96. The third-order valence-corrected chi connectivity index (χ3v) is 3.27. The van der Waals surface area contributed by atoms with Gasteiger partial charge in [0, 0.05) is 16.6 Å². The second-order valence-electron chi connectivity index (χ2n) is 4.54. The van der Waals surface area contributed by atoms with Gasteiger partial charge in [0.15, 0.2) is 0 Å². The van der Waals surface area contributed by atoms with Crippen LogP contribution in [0.15, 0.2) is 48.7 Å². The summed E-state index contributed by atoms with van der Waals surface area (Å²) in [7, 11) is 0. The highest BCUT2D eigenvalue weighted by Crippen LogP contribution is 2.16. The highest BCUT2D eigenvalue weighted by atomic mass is 35.5.